The third-order valence-electron chi connectivity index (χ3n) is 2.78. The summed E-state index contributed by atoms with van der Waals surface area (Å²) in [6, 6.07) is 11.7. The highest BCUT2D eigenvalue weighted by Crippen LogP contribution is 2.26. The largest absolute Gasteiger partial charge is 0.494 e. The van der Waals surface area contributed by atoms with E-state index in [2.05, 4.69) is 0 Å². The van der Waals surface area contributed by atoms with Crippen LogP contribution in [0.2, 0.25) is 0 Å². The SMILES string of the molecule is COc1cccc(C(=O)c2ccccc2SC)c1F. The molecule has 4 heteroatoms. The van der Waals surface area contributed by atoms with Gasteiger partial charge in [0.2, 0.25) is 0 Å². The molecule has 0 heterocycles. The molecule has 0 aromatic heterocycles. The first kappa shape index (κ1) is 13.6. The Hall–Kier alpha value is -1.81. The van der Waals surface area contributed by atoms with Crippen molar-refractivity contribution in [2.75, 3.05) is 13.4 Å². The normalized spacial score (nSPS) is 10.3. The average molecular weight is 276 g/mol. The fourth-order valence-corrected chi connectivity index (χ4v) is 2.42. The van der Waals surface area contributed by atoms with E-state index in [1.54, 1.807) is 18.2 Å². The Balaban J connectivity index is 2.50. The van der Waals surface area contributed by atoms with Crippen molar-refractivity contribution in [3.05, 3.63) is 59.4 Å². The molecule has 2 aromatic carbocycles. The van der Waals surface area contributed by atoms with Gasteiger partial charge in [-0.1, -0.05) is 18.2 Å². The molecule has 0 fully saturated rings. The average Bonchev–Trinajstić information content (AvgIpc) is 2.46. The number of rotatable bonds is 4. The van der Waals surface area contributed by atoms with Crippen LogP contribution in [0.1, 0.15) is 15.9 Å². The van der Waals surface area contributed by atoms with Crippen molar-refractivity contribution in [2.45, 2.75) is 4.90 Å². The highest BCUT2D eigenvalue weighted by atomic mass is 32.2. The second-order valence-electron chi connectivity index (χ2n) is 3.85. The quantitative estimate of drug-likeness (QED) is 0.628. The number of methoxy groups -OCH3 is 1. The molecule has 0 N–H and O–H groups in total. The molecule has 0 bridgehead atoms. The number of carbonyl (C=O) groups excluding carboxylic acids is 1. The van der Waals surface area contributed by atoms with Crippen LogP contribution in [0.4, 0.5) is 4.39 Å². The Kier molecular flexibility index (Phi) is 4.22. The molecule has 0 saturated carbocycles. The van der Waals surface area contributed by atoms with E-state index in [-0.39, 0.29) is 17.1 Å². The van der Waals surface area contributed by atoms with E-state index in [1.165, 1.54) is 31.0 Å². The van der Waals surface area contributed by atoms with Crippen LogP contribution in [-0.4, -0.2) is 19.1 Å². The standard InChI is InChI=1S/C15H13FO2S/c1-18-12-8-5-7-11(14(12)16)15(17)10-6-3-4-9-13(10)19-2/h3-9H,1-2H3. The van der Waals surface area contributed by atoms with Gasteiger partial charge in [0.05, 0.1) is 12.7 Å². The van der Waals surface area contributed by atoms with Crippen LogP contribution in [-0.2, 0) is 0 Å². The molecule has 0 saturated heterocycles. The molecule has 2 aromatic rings. The summed E-state index contributed by atoms with van der Waals surface area (Å²) in [6.45, 7) is 0. The lowest BCUT2D eigenvalue weighted by Gasteiger charge is -2.09. The van der Waals surface area contributed by atoms with Crippen molar-refractivity contribution < 1.29 is 13.9 Å². The summed E-state index contributed by atoms with van der Waals surface area (Å²) in [4.78, 5) is 13.2. The summed E-state index contributed by atoms with van der Waals surface area (Å²) < 4.78 is 19.0. The van der Waals surface area contributed by atoms with Crippen LogP contribution in [0, 0.1) is 5.82 Å². The third-order valence-corrected chi connectivity index (χ3v) is 3.58. The van der Waals surface area contributed by atoms with Crippen LogP contribution in [0.15, 0.2) is 47.4 Å². The van der Waals surface area contributed by atoms with Gasteiger partial charge in [-0.05, 0) is 30.5 Å². The molecule has 0 aliphatic rings. The number of carbonyl (C=O) groups is 1. The summed E-state index contributed by atoms with van der Waals surface area (Å²) >= 11 is 1.46. The first-order valence-corrected chi connectivity index (χ1v) is 6.91. The number of hydrogen-bond donors (Lipinski definition) is 0. The van der Waals surface area contributed by atoms with Gasteiger partial charge >= 0.3 is 0 Å². The number of ether oxygens (including phenoxy) is 1. The first-order valence-electron chi connectivity index (χ1n) is 5.69. The zero-order chi connectivity index (χ0) is 13.8. The smallest absolute Gasteiger partial charge is 0.197 e. The summed E-state index contributed by atoms with van der Waals surface area (Å²) in [5.41, 5.74) is 0.531. The Morgan fingerprint density at radius 3 is 2.47 bits per heavy atom. The predicted octanol–water partition coefficient (Wildman–Crippen LogP) is 3.79. The number of benzene rings is 2. The molecule has 0 amide bonds. The number of halogens is 1. The Morgan fingerprint density at radius 2 is 1.79 bits per heavy atom. The second kappa shape index (κ2) is 5.89. The minimum absolute atomic E-state index is 0.0286. The molecule has 98 valence electrons. The highest BCUT2D eigenvalue weighted by molar-refractivity contribution is 7.98. The molecule has 0 radical (unpaired) electrons. The minimum atomic E-state index is -0.620. The van der Waals surface area contributed by atoms with E-state index >= 15 is 0 Å². The van der Waals surface area contributed by atoms with Crippen LogP contribution in [0.5, 0.6) is 5.75 Å². The number of thioether (sulfide) groups is 1. The van der Waals surface area contributed by atoms with E-state index in [0.29, 0.717) is 5.56 Å². The lowest BCUT2D eigenvalue weighted by Crippen LogP contribution is -2.06. The maximum atomic E-state index is 14.1. The van der Waals surface area contributed by atoms with E-state index < -0.39 is 5.82 Å². The zero-order valence-electron chi connectivity index (χ0n) is 10.6. The van der Waals surface area contributed by atoms with Crippen molar-refractivity contribution in [1.29, 1.82) is 0 Å². The molecule has 0 atom stereocenters. The molecule has 0 unspecified atom stereocenters. The topological polar surface area (TPSA) is 26.3 Å². The Labute approximate surface area is 115 Å². The van der Waals surface area contributed by atoms with Gasteiger partial charge in [0.25, 0.3) is 0 Å². The minimum Gasteiger partial charge on any atom is -0.494 e. The van der Waals surface area contributed by atoms with E-state index in [0.717, 1.165) is 4.90 Å². The van der Waals surface area contributed by atoms with Gasteiger partial charge < -0.3 is 4.74 Å². The zero-order valence-corrected chi connectivity index (χ0v) is 11.5. The maximum Gasteiger partial charge on any atom is 0.197 e. The van der Waals surface area contributed by atoms with Crippen LogP contribution in [0.25, 0.3) is 0 Å². The number of ketones is 1. The fraction of sp³-hybridized carbons (Fsp3) is 0.133. The predicted molar refractivity (Wildman–Crippen MR) is 74.6 cm³/mol. The molecule has 19 heavy (non-hydrogen) atoms. The lowest BCUT2D eigenvalue weighted by atomic mass is 10.0. The summed E-state index contributed by atoms with van der Waals surface area (Å²) in [5.74, 6) is -0.875. The van der Waals surface area contributed by atoms with Gasteiger partial charge in [0.1, 0.15) is 0 Å². The van der Waals surface area contributed by atoms with Gasteiger partial charge in [-0.2, -0.15) is 0 Å². The van der Waals surface area contributed by atoms with Crippen LogP contribution >= 0.6 is 11.8 Å². The molecular weight excluding hydrogens is 263 g/mol. The van der Waals surface area contributed by atoms with Gasteiger partial charge in [-0.25, -0.2) is 4.39 Å². The summed E-state index contributed by atoms with van der Waals surface area (Å²) in [6.07, 6.45) is 1.88. The molecular formula is C15H13FO2S. The first-order chi connectivity index (χ1) is 9.19. The Morgan fingerprint density at radius 1 is 1.11 bits per heavy atom. The van der Waals surface area contributed by atoms with E-state index in [9.17, 15) is 9.18 Å². The van der Waals surface area contributed by atoms with Gasteiger partial charge in [0.15, 0.2) is 17.3 Å². The van der Waals surface area contributed by atoms with Crippen molar-refractivity contribution in [2.24, 2.45) is 0 Å². The maximum absolute atomic E-state index is 14.1. The van der Waals surface area contributed by atoms with Gasteiger partial charge in [-0.3, -0.25) is 4.79 Å². The molecule has 2 nitrogen and oxygen atoms in total. The summed E-state index contributed by atoms with van der Waals surface area (Å²) in [7, 11) is 1.38. The lowest BCUT2D eigenvalue weighted by molar-refractivity contribution is 0.103. The molecule has 2 rings (SSSR count). The Bertz CT molecular complexity index is 611. The second-order valence-corrected chi connectivity index (χ2v) is 4.70. The van der Waals surface area contributed by atoms with Crippen LogP contribution in [0.3, 0.4) is 0 Å². The highest BCUT2D eigenvalue weighted by Gasteiger charge is 2.19. The van der Waals surface area contributed by atoms with Crippen molar-refractivity contribution in [1.82, 2.24) is 0 Å². The fourth-order valence-electron chi connectivity index (χ4n) is 1.82. The van der Waals surface area contributed by atoms with Crippen molar-refractivity contribution >= 4 is 17.5 Å². The van der Waals surface area contributed by atoms with Gasteiger partial charge in [0, 0.05) is 10.5 Å². The number of hydrogen-bond acceptors (Lipinski definition) is 3. The summed E-state index contributed by atoms with van der Waals surface area (Å²) in [5, 5.41) is 0. The monoisotopic (exact) mass is 276 g/mol. The molecule has 0 spiro atoms. The van der Waals surface area contributed by atoms with E-state index in [1.807, 2.05) is 18.4 Å². The third kappa shape index (κ3) is 2.63. The van der Waals surface area contributed by atoms with Crippen molar-refractivity contribution in [3.63, 3.8) is 0 Å². The van der Waals surface area contributed by atoms with Gasteiger partial charge in [-0.15, -0.1) is 11.8 Å². The molecule has 0 aliphatic heterocycles. The van der Waals surface area contributed by atoms with Crippen molar-refractivity contribution in [3.8, 4) is 5.75 Å². The molecule has 0 aliphatic carbocycles. The van der Waals surface area contributed by atoms with Crippen LogP contribution < -0.4 is 4.74 Å². The van der Waals surface area contributed by atoms with E-state index in [4.69, 9.17) is 4.74 Å².